The van der Waals surface area contributed by atoms with E-state index in [9.17, 15) is 5.11 Å². The zero-order valence-corrected chi connectivity index (χ0v) is 12.9. The van der Waals surface area contributed by atoms with Crippen molar-refractivity contribution >= 4 is 0 Å². The van der Waals surface area contributed by atoms with Gasteiger partial charge in [0.05, 0.1) is 5.69 Å². The summed E-state index contributed by atoms with van der Waals surface area (Å²) in [6.07, 6.45) is 0. The number of benzene rings is 1. The maximum absolute atomic E-state index is 9.92. The minimum absolute atomic E-state index is 0. The van der Waals surface area contributed by atoms with Crippen molar-refractivity contribution < 1.29 is 24.9 Å². The van der Waals surface area contributed by atoms with Crippen LogP contribution >= 0.6 is 0 Å². The van der Waals surface area contributed by atoms with Crippen LogP contribution in [-0.2, 0) is 25.2 Å². The molecule has 2 nitrogen and oxygen atoms in total. The Labute approximate surface area is 121 Å². The number of para-hydroxylation sites is 1. The first-order chi connectivity index (χ1) is 8.01. The summed E-state index contributed by atoms with van der Waals surface area (Å²) in [6.45, 7) is 9.73. The molecule has 3 heteroatoms. The molecule has 2 radical (unpaired) electrons. The van der Waals surface area contributed by atoms with Gasteiger partial charge in [-0.15, -0.1) is 0 Å². The summed E-state index contributed by atoms with van der Waals surface area (Å²) in [7, 11) is 0. The van der Waals surface area contributed by atoms with Crippen molar-refractivity contribution in [2.75, 3.05) is 0 Å². The molecule has 2 aromatic rings. The van der Waals surface area contributed by atoms with E-state index in [0.717, 1.165) is 11.3 Å². The molecule has 18 heavy (non-hydrogen) atoms. The van der Waals surface area contributed by atoms with E-state index in [4.69, 9.17) is 6.92 Å². The van der Waals surface area contributed by atoms with Crippen LogP contribution in [0.15, 0.2) is 42.5 Å². The van der Waals surface area contributed by atoms with E-state index < -0.39 is 0 Å². The average Bonchev–Trinajstić information content (AvgIpc) is 2.29. The van der Waals surface area contributed by atoms with Gasteiger partial charge in [-0.25, -0.2) is 0 Å². The van der Waals surface area contributed by atoms with E-state index in [1.165, 1.54) is 0 Å². The predicted octanol–water partition coefficient (Wildman–Crippen LogP) is 3.17. The topological polar surface area (TPSA) is 33.1 Å². The minimum Gasteiger partial charge on any atom is -0.508 e. The van der Waals surface area contributed by atoms with Gasteiger partial charge in [0.1, 0.15) is 5.75 Å². The van der Waals surface area contributed by atoms with Gasteiger partial charge in [0, 0.05) is 43.4 Å². The molecule has 0 aliphatic carbocycles. The van der Waals surface area contributed by atoms with Gasteiger partial charge < -0.3 is 5.11 Å². The molecule has 0 atom stereocenters. The van der Waals surface area contributed by atoms with E-state index in [2.05, 4.69) is 4.98 Å². The van der Waals surface area contributed by atoms with Crippen LogP contribution in [0.5, 0.6) is 5.75 Å². The normalized spacial score (nSPS) is 10.8. The van der Waals surface area contributed by atoms with Gasteiger partial charge >= 0.3 is 0 Å². The van der Waals surface area contributed by atoms with Gasteiger partial charge in [-0.1, -0.05) is 38.1 Å². The van der Waals surface area contributed by atoms with E-state index in [1.54, 1.807) is 12.1 Å². The van der Waals surface area contributed by atoms with Crippen molar-refractivity contribution in [2.45, 2.75) is 19.3 Å². The van der Waals surface area contributed by atoms with Crippen molar-refractivity contribution in [3.8, 4) is 5.75 Å². The second-order valence-electron chi connectivity index (χ2n) is 4.59. The summed E-state index contributed by atoms with van der Waals surface area (Å²) < 4.78 is 0. The third kappa shape index (κ3) is 2.79. The second-order valence-corrected chi connectivity index (χ2v) is 4.59. The molecule has 94 valence electrons. The summed E-state index contributed by atoms with van der Waals surface area (Å²) in [6, 6.07) is 12.8. The van der Waals surface area contributed by atoms with E-state index >= 15 is 0 Å². The first kappa shape index (κ1) is 14.9. The number of hydrogen-bond acceptors (Lipinski definition) is 2. The quantitative estimate of drug-likeness (QED) is 0.817. The molecule has 0 fully saturated rings. The maximum Gasteiger partial charge on any atom is 0.119 e. The van der Waals surface area contributed by atoms with Gasteiger partial charge in [0.2, 0.25) is 0 Å². The SMILES string of the molecule is [CH]c1cccc(C(C)(C)c2ccccc2O)n1.[Os]. The third-order valence-electron chi connectivity index (χ3n) is 2.99. The number of phenolic OH excluding ortho intramolecular Hbond substituents is 1. The molecule has 0 aliphatic rings. The summed E-state index contributed by atoms with van der Waals surface area (Å²) in [5.74, 6) is 0.279. The first-order valence-corrected chi connectivity index (χ1v) is 5.53. The minimum atomic E-state index is -0.374. The number of aromatic nitrogens is 1. The Hall–Kier alpha value is -1.19. The number of aromatic hydroxyl groups is 1. The molecule has 0 amide bonds. The molecular weight excluding hydrogens is 400 g/mol. The van der Waals surface area contributed by atoms with Gasteiger partial charge in [0.15, 0.2) is 0 Å². The van der Waals surface area contributed by atoms with E-state index in [-0.39, 0.29) is 31.0 Å². The second kappa shape index (κ2) is 5.63. The van der Waals surface area contributed by atoms with Crippen LogP contribution in [0.2, 0.25) is 0 Å². The average molecular weight is 416 g/mol. The van der Waals surface area contributed by atoms with Crippen LogP contribution < -0.4 is 0 Å². The van der Waals surface area contributed by atoms with Crippen molar-refractivity contribution in [3.63, 3.8) is 0 Å². The summed E-state index contributed by atoms with van der Waals surface area (Å²) in [5.41, 5.74) is 1.81. The number of pyridine rings is 1. The Kier molecular flexibility index (Phi) is 4.65. The number of rotatable bonds is 2. The smallest absolute Gasteiger partial charge is 0.119 e. The van der Waals surface area contributed by atoms with E-state index in [0.29, 0.717) is 5.69 Å². The van der Waals surface area contributed by atoms with E-state index in [1.807, 2.05) is 44.2 Å². The molecular formula is C15H15NOOs. The number of phenols is 1. The van der Waals surface area contributed by atoms with Crippen molar-refractivity contribution in [3.05, 3.63) is 66.3 Å². The Morgan fingerprint density at radius 1 is 1.06 bits per heavy atom. The fraction of sp³-hybridized carbons (Fsp3) is 0.200. The molecule has 0 unspecified atom stereocenters. The van der Waals surface area contributed by atoms with Crippen LogP contribution in [0.1, 0.15) is 30.8 Å². The predicted molar refractivity (Wildman–Crippen MR) is 67.9 cm³/mol. The molecule has 1 N–H and O–H groups in total. The van der Waals surface area contributed by atoms with Crippen LogP contribution in [0, 0.1) is 6.92 Å². The molecule has 0 saturated heterocycles. The van der Waals surface area contributed by atoms with Gasteiger partial charge in [0.25, 0.3) is 0 Å². The Balaban J connectivity index is 0.00000162. The van der Waals surface area contributed by atoms with Gasteiger partial charge in [-0.2, -0.15) is 0 Å². The Morgan fingerprint density at radius 2 is 1.72 bits per heavy atom. The number of nitrogens with zero attached hydrogens (tertiary/aromatic N) is 1. The van der Waals surface area contributed by atoms with Crippen LogP contribution in [-0.4, -0.2) is 10.1 Å². The molecule has 1 aromatic carbocycles. The van der Waals surface area contributed by atoms with Crippen LogP contribution in [0.4, 0.5) is 0 Å². The van der Waals surface area contributed by atoms with Gasteiger partial charge in [-0.3, -0.25) is 4.98 Å². The molecule has 2 rings (SSSR count). The first-order valence-electron chi connectivity index (χ1n) is 5.53. The maximum atomic E-state index is 9.92. The zero-order chi connectivity index (χ0) is 12.5. The molecule has 0 aliphatic heterocycles. The fourth-order valence-electron chi connectivity index (χ4n) is 1.94. The van der Waals surface area contributed by atoms with Crippen molar-refractivity contribution in [1.82, 2.24) is 4.98 Å². The standard InChI is InChI=1S/C15H15NO.Os/c1-11-7-6-10-14(16-11)15(2,3)12-8-4-5-9-13(12)17;/h1,4-10,17H,2-3H3;. The zero-order valence-electron chi connectivity index (χ0n) is 10.4. The molecule has 0 saturated carbocycles. The summed E-state index contributed by atoms with van der Waals surface area (Å²) >= 11 is 0. The van der Waals surface area contributed by atoms with Crippen molar-refractivity contribution in [1.29, 1.82) is 0 Å². The fourth-order valence-corrected chi connectivity index (χ4v) is 1.94. The van der Waals surface area contributed by atoms with Crippen molar-refractivity contribution in [2.24, 2.45) is 0 Å². The summed E-state index contributed by atoms with van der Waals surface area (Å²) in [5, 5.41) is 9.92. The molecule has 0 spiro atoms. The monoisotopic (exact) mass is 417 g/mol. The Bertz CT molecular complexity index is 538. The summed E-state index contributed by atoms with van der Waals surface area (Å²) in [4.78, 5) is 4.33. The third-order valence-corrected chi connectivity index (χ3v) is 2.99. The van der Waals surface area contributed by atoms with Crippen LogP contribution in [0.3, 0.4) is 0 Å². The Morgan fingerprint density at radius 3 is 2.33 bits per heavy atom. The largest absolute Gasteiger partial charge is 0.508 e. The molecule has 1 heterocycles. The molecule has 1 aromatic heterocycles. The molecule has 0 bridgehead atoms. The van der Waals surface area contributed by atoms with Crippen LogP contribution in [0.25, 0.3) is 0 Å². The van der Waals surface area contributed by atoms with Gasteiger partial charge in [-0.05, 0) is 18.2 Å². The number of hydrogen-bond donors (Lipinski definition) is 1.